The molecule has 0 unspecified atom stereocenters. The zero-order chi connectivity index (χ0) is 21.1. The summed E-state index contributed by atoms with van der Waals surface area (Å²) in [7, 11) is 0. The smallest absolute Gasteiger partial charge is 0.257 e. The van der Waals surface area contributed by atoms with Crippen molar-refractivity contribution in [2.45, 2.75) is 13.8 Å². The lowest BCUT2D eigenvalue weighted by atomic mass is 10.1. The minimum atomic E-state index is -0.208. The lowest BCUT2D eigenvalue weighted by molar-refractivity contribution is 0.101. The molecule has 0 aliphatic heterocycles. The van der Waals surface area contributed by atoms with Crippen LogP contribution in [0, 0.1) is 13.8 Å². The second kappa shape index (κ2) is 8.56. The molecule has 2 aromatic heterocycles. The van der Waals surface area contributed by atoms with Gasteiger partial charge in [-0.3, -0.25) is 20.2 Å². The van der Waals surface area contributed by atoms with Gasteiger partial charge in [0.05, 0.1) is 0 Å². The van der Waals surface area contributed by atoms with Gasteiger partial charge in [-0.05, 0) is 38.1 Å². The van der Waals surface area contributed by atoms with Crippen LogP contribution in [0.4, 0.5) is 10.3 Å². The first kappa shape index (κ1) is 19.9. The van der Waals surface area contributed by atoms with E-state index in [4.69, 9.17) is 0 Å². The first-order valence-electron chi connectivity index (χ1n) is 9.15. The zero-order valence-electron chi connectivity index (χ0n) is 16.3. The summed E-state index contributed by atoms with van der Waals surface area (Å²) in [6.45, 7) is 3.94. The maximum Gasteiger partial charge on any atom is 0.257 e. The van der Waals surface area contributed by atoms with Crippen LogP contribution >= 0.6 is 22.7 Å². The summed E-state index contributed by atoms with van der Waals surface area (Å²) >= 11 is 2.65. The van der Waals surface area contributed by atoms with Gasteiger partial charge in [0.1, 0.15) is 11.4 Å². The van der Waals surface area contributed by atoms with Gasteiger partial charge in [-0.2, -0.15) is 0 Å². The molecular weight excluding hydrogens is 416 g/mol. The van der Waals surface area contributed by atoms with Gasteiger partial charge in [-0.15, -0.1) is 22.7 Å². The average Bonchev–Trinajstić information content (AvgIpc) is 3.38. The van der Waals surface area contributed by atoms with Gasteiger partial charge in [-0.25, -0.2) is 9.97 Å². The minimum absolute atomic E-state index is 0.208. The molecule has 4 aromatic rings. The quantitative estimate of drug-likeness (QED) is 0.441. The van der Waals surface area contributed by atoms with Crippen molar-refractivity contribution in [3.05, 3.63) is 81.5 Å². The van der Waals surface area contributed by atoms with Crippen molar-refractivity contribution >= 4 is 44.8 Å². The summed E-state index contributed by atoms with van der Waals surface area (Å²) in [6.07, 6.45) is 0. The predicted molar refractivity (Wildman–Crippen MR) is 121 cm³/mol. The first-order chi connectivity index (χ1) is 14.5. The molecule has 8 heteroatoms. The summed E-state index contributed by atoms with van der Waals surface area (Å²) in [5, 5.41) is 10.3. The number of nitrogens with zero attached hydrogens (tertiary/aromatic N) is 2. The third kappa shape index (κ3) is 4.61. The van der Waals surface area contributed by atoms with Crippen molar-refractivity contribution in [1.29, 1.82) is 0 Å². The van der Waals surface area contributed by atoms with Crippen LogP contribution < -0.4 is 10.6 Å². The van der Waals surface area contributed by atoms with Crippen LogP contribution in [-0.2, 0) is 0 Å². The normalized spacial score (nSPS) is 10.6. The summed E-state index contributed by atoms with van der Waals surface area (Å²) in [4.78, 5) is 33.6. The number of carbonyl (C=O) groups is 2. The van der Waals surface area contributed by atoms with Gasteiger partial charge in [0.15, 0.2) is 10.3 Å². The molecule has 0 bridgehead atoms. The highest BCUT2D eigenvalue weighted by molar-refractivity contribution is 7.15. The van der Waals surface area contributed by atoms with E-state index < -0.39 is 0 Å². The minimum Gasteiger partial charge on any atom is -0.298 e. The lowest BCUT2D eigenvalue weighted by Crippen LogP contribution is -2.11. The van der Waals surface area contributed by atoms with Crippen molar-refractivity contribution in [1.82, 2.24) is 9.97 Å². The summed E-state index contributed by atoms with van der Waals surface area (Å²) in [5.41, 5.74) is 4.63. The van der Waals surface area contributed by atoms with E-state index in [9.17, 15) is 9.59 Å². The average molecular weight is 435 g/mol. The molecule has 0 spiro atoms. The van der Waals surface area contributed by atoms with Crippen LogP contribution in [0.25, 0.3) is 11.4 Å². The lowest BCUT2D eigenvalue weighted by Gasteiger charge is -2.02. The van der Waals surface area contributed by atoms with Crippen LogP contribution in [-0.4, -0.2) is 21.8 Å². The molecule has 2 N–H and O–H groups in total. The Morgan fingerprint density at radius 2 is 1.03 bits per heavy atom. The van der Waals surface area contributed by atoms with Gasteiger partial charge < -0.3 is 0 Å². The predicted octanol–water partition coefficient (Wildman–Crippen LogP) is 5.39. The van der Waals surface area contributed by atoms with E-state index in [1.54, 1.807) is 24.3 Å². The van der Waals surface area contributed by atoms with E-state index in [1.165, 1.54) is 22.7 Å². The molecule has 4 rings (SSSR count). The Morgan fingerprint density at radius 1 is 0.667 bits per heavy atom. The first-order valence-corrected chi connectivity index (χ1v) is 10.9. The number of rotatable bonds is 5. The molecule has 0 saturated carbocycles. The number of hydrogen-bond acceptors (Lipinski definition) is 6. The maximum absolute atomic E-state index is 12.3. The number of aromatic nitrogens is 2. The topological polar surface area (TPSA) is 84.0 Å². The molecule has 0 aliphatic rings. The number of anilines is 2. The number of hydrogen-bond donors (Lipinski definition) is 2. The fourth-order valence-electron chi connectivity index (χ4n) is 2.65. The molecule has 6 nitrogen and oxygen atoms in total. The van der Waals surface area contributed by atoms with Crippen molar-refractivity contribution < 1.29 is 9.59 Å². The number of carbonyl (C=O) groups excluding carboxylic acids is 2. The fourth-order valence-corrected chi connectivity index (χ4v) is 4.04. The molecular formula is C22H18N4O2S2. The van der Waals surface area contributed by atoms with Crippen LogP contribution in [0.3, 0.4) is 0 Å². The maximum atomic E-state index is 12.3. The van der Waals surface area contributed by atoms with E-state index in [1.807, 2.05) is 48.9 Å². The van der Waals surface area contributed by atoms with Crippen LogP contribution in [0.1, 0.15) is 31.8 Å². The van der Waals surface area contributed by atoms with Crippen LogP contribution in [0.5, 0.6) is 0 Å². The van der Waals surface area contributed by atoms with Crippen molar-refractivity contribution in [3.63, 3.8) is 0 Å². The molecule has 0 aliphatic carbocycles. The van der Waals surface area contributed by atoms with Gasteiger partial charge in [0, 0.05) is 21.9 Å². The van der Waals surface area contributed by atoms with E-state index >= 15 is 0 Å². The number of nitrogens with one attached hydrogen (secondary N) is 2. The van der Waals surface area contributed by atoms with E-state index in [-0.39, 0.29) is 11.8 Å². The molecule has 0 saturated heterocycles. The SMILES string of the molecule is Cc1ccc(C(=O)Nc2nc(-c3csc(NC(=O)c4ccc(C)cc4)n3)cs2)cc1. The van der Waals surface area contributed by atoms with E-state index in [0.717, 1.165) is 11.1 Å². The second-order valence-electron chi connectivity index (χ2n) is 6.72. The van der Waals surface area contributed by atoms with Gasteiger partial charge in [-0.1, -0.05) is 35.4 Å². The highest BCUT2D eigenvalue weighted by Crippen LogP contribution is 2.28. The summed E-state index contributed by atoms with van der Waals surface area (Å²) < 4.78 is 0. The Hall–Kier alpha value is -3.36. The second-order valence-corrected chi connectivity index (χ2v) is 8.43. The molecule has 2 amide bonds. The third-order valence-corrected chi connectivity index (χ3v) is 5.85. The van der Waals surface area contributed by atoms with Gasteiger partial charge in [0.2, 0.25) is 0 Å². The standard InChI is InChI=1S/C22H18N4O2S2/c1-13-3-7-15(8-4-13)19(27)25-21-23-17(11-29-21)18-12-30-22(24-18)26-20(28)16-9-5-14(2)6-10-16/h3-12H,1-2H3,(H,23,25,27)(H,24,26,28). The van der Waals surface area contributed by atoms with Crippen molar-refractivity contribution in [2.24, 2.45) is 0 Å². The molecule has 0 fully saturated rings. The zero-order valence-corrected chi connectivity index (χ0v) is 17.9. The number of thiazole rings is 2. The van der Waals surface area contributed by atoms with Crippen LogP contribution in [0.2, 0.25) is 0 Å². The Kier molecular flexibility index (Phi) is 5.69. The highest BCUT2D eigenvalue weighted by atomic mass is 32.1. The largest absolute Gasteiger partial charge is 0.298 e. The fraction of sp³-hybridized carbons (Fsp3) is 0.0909. The van der Waals surface area contributed by atoms with E-state index in [2.05, 4.69) is 20.6 Å². The Labute approximate surface area is 181 Å². The van der Waals surface area contributed by atoms with Crippen molar-refractivity contribution in [3.8, 4) is 11.4 Å². The number of benzene rings is 2. The highest BCUT2D eigenvalue weighted by Gasteiger charge is 2.14. The molecule has 0 radical (unpaired) electrons. The van der Waals surface area contributed by atoms with Gasteiger partial charge in [0.25, 0.3) is 11.8 Å². The van der Waals surface area contributed by atoms with Crippen molar-refractivity contribution in [2.75, 3.05) is 10.6 Å². The molecule has 30 heavy (non-hydrogen) atoms. The molecule has 0 atom stereocenters. The molecule has 2 heterocycles. The van der Waals surface area contributed by atoms with E-state index in [0.29, 0.717) is 32.8 Å². The number of aryl methyl sites for hydroxylation is 2. The Morgan fingerprint density at radius 3 is 1.40 bits per heavy atom. The molecule has 2 aromatic carbocycles. The molecule has 150 valence electrons. The summed E-state index contributed by atoms with van der Waals surface area (Å²) in [6, 6.07) is 14.7. The third-order valence-electron chi connectivity index (χ3n) is 4.34. The Balaban J connectivity index is 1.42. The monoisotopic (exact) mass is 434 g/mol. The van der Waals surface area contributed by atoms with Gasteiger partial charge >= 0.3 is 0 Å². The van der Waals surface area contributed by atoms with Crippen LogP contribution in [0.15, 0.2) is 59.3 Å². The Bertz CT molecular complexity index is 1100. The number of amides is 2. The summed E-state index contributed by atoms with van der Waals surface area (Å²) in [5.74, 6) is -0.416.